The Hall–Kier alpha value is -4.88. The molecule has 0 radical (unpaired) electrons. The second kappa shape index (κ2) is 14.7. The second-order valence-electron chi connectivity index (χ2n) is 9.40. The van der Waals surface area contributed by atoms with Crippen molar-refractivity contribution in [3.63, 3.8) is 0 Å². The average Bonchev–Trinajstić information content (AvgIpc) is 3.03. The van der Waals surface area contributed by atoms with Crippen LogP contribution in [0.25, 0.3) is 0 Å². The number of nitrogens with one attached hydrogen (secondary N) is 2. The van der Waals surface area contributed by atoms with Gasteiger partial charge in [0.1, 0.15) is 12.3 Å². The molecule has 14 heteroatoms. The highest BCUT2D eigenvalue weighted by atomic mass is 35.5. The number of anilines is 1. The number of halogens is 4. The zero-order valence-electron chi connectivity index (χ0n) is 23.4. The van der Waals surface area contributed by atoms with Gasteiger partial charge in [0.15, 0.2) is 6.61 Å². The van der Waals surface area contributed by atoms with Crippen molar-refractivity contribution in [2.45, 2.75) is 17.6 Å². The van der Waals surface area contributed by atoms with Crippen molar-refractivity contribution in [3.05, 3.63) is 125 Å². The number of alkyl halides is 3. The van der Waals surface area contributed by atoms with E-state index >= 15 is 0 Å². The van der Waals surface area contributed by atoms with Gasteiger partial charge in [-0.25, -0.2) is 13.8 Å². The van der Waals surface area contributed by atoms with Crippen molar-refractivity contribution in [2.75, 3.05) is 17.5 Å². The van der Waals surface area contributed by atoms with Gasteiger partial charge in [-0.15, -0.1) is 0 Å². The number of carbonyl (C=O) groups is 2. The van der Waals surface area contributed by atoms with Gasteiger partial charge in [-0.3, -0.25) is 13.9 Å². The zero-order valence-corrected chi connectivity index (χ0v) is 24.9. The van der Waals surface area contributed by atoms with Crippen LogP contribution in [0.15, 0.2) is 113 Å². The van der Waals surface area contributed by atoms with Crippen LogP contribution in [0.1, 0.15) is 16.7 Å². The number of benzene rings is 4. The van der Waals surface area contributed by atoms with E-state index in [0.717, 1.165) is 17.7 Å². The highest BCUT2D eigenvalue weighted by Crippen LogP contribution is 2.38. The molecule has 234 valence electrons. The Labute approximate surface area is 262 Å². The maximum atomic E-state index is 13.5. The highest BCUT2D eigenvalue weighted by molar-refractivity contribution is 7.92. The molecule has 2 amide bonds. The normalized spacial score (nSPS) is 11.6. The molecule has 0 saturated carbocycles. The van der Waals surface area contributed by atoms with Gasteiger partial charge in [0.05, 0.1) is 27.4 Å². The molecular weight excluding hydrogens is 633 g/mol. The van der Waals surface area contributed by atoms with Crippen molar-refractivity contribution < 1.29 is 35.9 Å². The van der Waals surface area contributed by atoms with E-state index in [-0.39, 0.29) is 17.4 Å². The molecule has 4 rings (SSSR count). The van der Waals surface area contributed by atoms with Crippen molar-refractivity contribution in [1.29, 1.82) is 0 Å². The standard InChI is InChI=1S/C31H26ClF3N4O5S/c32-28-16-13-24(17-27(28)31(33,34)35)39(45(42,43)26-9-5-2-6-10-26)20-29(40)38-37-19-23-11-14-25(15-12-23)44-21-30(41)36-18-22-7-3-1-4-8-22/h1-17,19H,18,20-21H2,(H,36,41)(H,38,40)/b37-19-. The number of amides is 2. The quantitative estimate of drug-likeness (QED) is 0.156. The lowest BCUT2D eigenvalue weighted by molar-refractivity contribution is -0.137. The number of ether oxygens (including phenoxy) is 1. The van der Waals surface area contributed by atoms with E-state index < -0.39 is 44.9 Å². The highest BCUT2D eigenvalue weighted by Gasteiger charge is 2.35. The van der Waals surface area contributed by atoms with E-state index in [0.29, 0.717) is 28.2 Å². The van der Waals surface area contributed by atoms with Crippen LogP contribution >= 0.6 is 11.6 Å². The van der Waals surface area contributed by atoms with Gasteiger partial charge < -0.3 is 10.1 Å². The third-order valence-corrected chi connectivity index (χ3v) is 8.26. The summed E-state index contributed by atoms with van der Waals surface area (Å²) >= 11 is 5.71. The van der Waals surface area contributed by atoms with Crippen LogP contribution in [0.3, 0.4) is 0 Å². The van der Waals surface area contributed by atoms with Crippen LogP contribution in [0.2, 0.25) is 5.02 Å². The maximum absolute atomic E-state index is 13.5. The number of sulfonamides is 1. The van der Waals surface area contributed by atoms with Crippen molar-refractivity contribution >= 4 is 45.3 Å². The molecule has 0 unspecified atom stereocenters. The fourth-order valence-electron chi connectivity index (χ4n) is 3.91. The minimum Gasteiger partial charge on any atom is -0.484 e. The SMILES string of the molecule is O=C(COc1ccc(/C=N\NC(=O)CN(c2ccc(Cl)c(C(F)(F)F)c2)S(=O)(=O)c2ccccc2)cc1)NCc1ccccc1. The first-order valence-corrected chi connectivity index (χ1v) is 15.1. The fraction of sp³-hybridized carbons (Fsp3) is 0.129. The monoisotopic (exact) mass is 658 g/mol. The summed E-state index contributed by atoms with van der Waals surface area (Å²) in [4.78, 5) is 24.6. The van der Waals surface area contributed by atoms with Crippen LogP contribution in [0.4, 0.5) is 18.9 Å². The van der Waals surface area contributed by atoms with Gasteiger partial charge in [0.2, 0.25) is 0 Å². The van der Waals surface area contributed by atoms with Gasteiger partial charge >= 0.3 is 6.18 Å². The molecule has 0 aliphatic rings. The maximum Gasteiger partial charge on any atom is 0.417 e. The van der Waals surface area contributed by atoms with Gasteiger partial charge in [0, 0.05) is 6.54 Å². The summed E-state index contributed by atoms with van der Waals surface area (Å²) < 4.78 is 73.4. The van der Waals surface area contributed by atoms with E-state index in [1.54, 1.807) is 30.3 Å². The Morgan fingerprint density at radius 3 is 2.18 bits per heavy atom. The molecular formula is C31H26ClF3N4O5S. The summed E-state index contributed by atoms with van der Waals surface area (Å²) in [5.74, 6) is -0.812. The lowest BCUT2D eigenvalue weighted by atomic mass is 10.2. The van der Waals surface area contributed by atoms with E-state index in [2.05, 4.69) is 15.8 Å². The number of hydrogen-bond donors (Lipinski definition) is 2. The molecule has 9 nitrogen and oxygen atoms in total. The molecule has 0 aromatic heterocycles. The Balaban J connectivity index is 1.38. The van der Waals surface area contributed by atoms with E-state index in [1.165, 1.54) is 30.5 Å². The number of rotatable bonds is 12. The summed E-state index contributed by atoms with van der Waals surface area (Å²) in [7, 11) is -4.47. The first-order chi connectivity index (χ1) is 21.4. The molecule has 45 heavy (non-hydrogen) atoms. The lowest BCUT2D eigenvalue weighted by Gasteiger charge is -2.24. The number of carbonyl (C=O) groups excluding carboxylic acids is 2. The minimum absolute atomic E-state index is 0.198. The molecule has 0 spiro atoms. The zero-order chi connectivity index (χ0) is 32.5. The summed E-state index contributed by atoms with van der Waals surface area (Å²) in [6.07, 6.45) is -3.59. The number of hydrazone groups is 1. The predicted octanol–water partition coefficient (Wildman–Crippen LogP) is 5.40. The Kier molecular flexibility index (Phi) is 10.8. The van der Waals surface area contributed by atoms with E-state index in [1.807, 2.05) is 30.3 Å². The third-order valence-electron chi connectivity index (χ3n) is 6.15. The largest absolute Gasteiger partial charge is 0.484 e. The second-order valence-corrected chi connectivity index (χ2v) is 11.7. The van der Waals surface area contributed by atoms with Crippen LogP contribution in [-0.2, 0) is 32.3 Å². The van der Waals surface area contributed by atoms with E-state index in [9.17, 15) is 31.2 Å². The molecule has 0 aliphatic heterocycles. The number of hydrogen-bond acceptors (Lipinski definition) is 6. The Morgan fingerprint density at radius 2 is 1.53 bits per heavy atom. The van der Waals surface area contributed by atoms with Crippen molar-refractivity contribution in [3.8, 4) is 5.75 Å². The molecule has 0 heterocycles. The third kappa shape index (κ3) is 9.30. The molecule has 0 atom stereocenters. The van der Waals surface area contributed by atoms with E-state index in [4.69, 9.17) is 16.3 Å². The van der Waals surface area contributed by atoms with Gasteiger partial charge in [-0.1, -0.05) is 60.1 Å². The fourth-order valence-corrected chi connectivity index (χ4v) is 5.57. The first kappa shape index (κ1) is 33.0. The molecule has 4 aromatic carbocycles. The van der Waals surface area contributed by atoms with Crippen LogP contribution in [0.5, 0.6) is 5.75 Å². The molecule has 2 N–H and O–H groups in total. The number of nitrogens with zero attached hydrogens (tertiary/aromatic N) is 2. The van der Waals surface area contributed by atoms with Crippen LogP contribution in [0, 0.1) is 0 Å². The molecule has 0 aliphatic carbocycles. The van der Waals surface area contributed by atoms with Gasteiger partial charge in [-0.2, -0.15) is 18.3 Å². The first-order valence-electron chi connectivity index (χ1n) is 13.2. The predicted molar refractivity (Wildman–Crippen MR) is 163 cm³/mol. The lowest BCUT2D eigenvalue weighted by Crippen LogP contribution is -2.39. The van der Waals surface area contributed by atoms with Crippen LogP contribution < -0.4 is 19.8 Å². The Morgan fingerprint density at radius 1 is 0.889 bits per heavy atom. The van der Waals surface area contributed by atoms with Gasteiger partial charge in [-0.05, 0) is 65.7 Å². The van der Waals surface area contributed by atoms with Crippen molar-refractivity contribution in [1.82, 2.24) is 10.7 Å². The minimum atomic E-state index is -4.86. The molecule has 0 fully saturated rings. The summed E-state index contributed by atoms with van der Waals surface area (Å²) in [6, 6.07) is 25.3. The molecule has 0 saturated heterocycles. The Bertz CT molecular complexity index is 1760. The van der Waals surface area contributed by atoms with Gasteiger partial charge in [0.25, 0.3) is 21.8 Å². The summed E-state index contributed by atoms with van der Waals surface area (Å²) in [5, 5.41) is 5.94. The molecule has 4 aromatic rings. The average molecular weight is 659 g/mol. The van der Waals surface area contributed by atoms with Crippen molar-refractivity contribution in [2.24, 2.45) is 5.10 Å². The summed E-state index contributed by atoms with van der Waals surface area (Å²) in [5.41, 5.74) is 1.99. The van der Waals surface area contributed by atoms with Crippen LogP contribution in [-0.4, -0.2) is 39.6 Å². The molecule has 0 bridgehead atoms. The smallest absolute Gasteiger partial charge is 0.417 e. The topological polar surface area (TPSA) is 117 Å². The summed E-state index contributed by atoms with van der Waals surface area (Å²) in [6.45, 7) is -0.711.